The van der Waals surface area contributed by atoms with Gasteiger partial charge in [0.1, 0.15) is 12.4 Å². The summed E-state index contributed by atoms with van der Waals surface area (Å²) in [6.07, 6.45) is 2.96. The first kappa shape index (κ1) is 13.7. The number of nitrogen functional groups attached to an aromatic ring is 1. The largest absolute Gasteiger partial charge is 0.397 e. The minimum absolute atomic E-state index is 0.119. The van der Waals surface area contributed by atoms with Gasteiger partial charge in [-0.25, -0.2) is 14.2 Å². The molecule has 0 bridgehead atoms. The Balaban J connectivity index is 2.13. The second-order valence-corrected chi connectivity index (χ2v) is 4.32. The van der Waals surface area contributed by atoms with Gasteiger partial charge in [0.15, 0.2) is 0 Å². The number of anilines is 2. The molecule has 1 amide bonds. The minimum atomic E-state index is -0.516. The molecule has 0 saturated carbocycles. The molecule has 7 heteroatoms. The monoisotopic (exact) mass is 276 g/mol. The lowest BCUT2D eigenvalue weighted by atomic mass is 10.2. The van der Waals surface area contributed by atoms with Gasteiger partial charge in [0.05, 0.1) is 11.4 Å². The number of nitrogens with two attached hydrogens (primary N) is 1. The maximum absolute atomic E-state index is 12.9. The number of nitrogens with one attached hydrogen (secondary N) is 1. The lowest BCUT2D eigenvalue weighted by Crippen LogP contribution is -2.29. The standard InChI is InChI=1S/C13H13FN4O2/c1-8-5-16-13(20)18(6-8)7-12(19)17-11-3-2-9(14)4-10(11)15/h2-6H,7,15H2,1H3,(H,17,19). The van der Waals surface area contributed by atoms with E-state index < -0.39 is 17.4 Å². The summed E-state index contributed by atoms with van der Waals surface area (Å²) in [7, 11) is 0. The molecule has 0 saturated heterocycles. The van der Waals surface area contributed by atoms with E-state index in [0.717, 1.165) is 11.6 Å². The van der Waals surface area contributed by atoms with Crippen LogP contribution in [0.1, 0.15) is 5.56 Å². The summed E-state index contributed by atoms with van der Waals surface area (Å²) in [5, 5.41) is 2.51. The number of carbonyl (C=O) groups is 1. The van der Waals surface area contributed by atoms with Crippen molar-refractivity contribution in [3.8, 4) is 0 Å². The lowest BCUT2D eigenvalue weighted by Gasteiger charge is -2.09. The highest BCUT2D eigenvalue weighted by Gasteiger charge is 2.08. The summed E-state index contributed by atoms with van der Waals surface area (Å²) in [5.41, 5.74) is 6.24. The maximum Gasteiger partial charge on any atom is 0.347 e. The molecular formula is C13H13FN4O2. The van der Waals surface area contributed by atoms with Crippen LogP contribution in [0.25, 0.3) is 0 Å². The molecule has 0 radical (unpaired) electrons. The number of rotatable bonds is 3. The smallest absolute Gasteiger partial charge is 0.347 e. The molecule has 0 aliphatic heterocycles. The number of hydrogen-bond acceptors (Lipinski definition) is 4. The van der Waals surface area contributed by atoms with E-state index in [1.165, 1.54) is 29.1 Å². The van der Waals surface area contributed by atoms with E-state index in [2.05, 4.69) is 10.3 Å². The van der Waals surface area contributed by atoms with Crippen LogP contribution >= 0.6 is 0 Å². The third kappa shape index (κ3) is 3.19. The van der Waals surface area contributed by atoms with Gasteiger partial charge >= 0.3 is 5.69 Å². The molecule has 3 N–H and O–H groups in total. The molecule has 0 aliphatic carbocycles. The molecule has 1 aromatic carbocycles. The van der Waals surface area contributed by atoms with Crippen molar-refractivity contribution in [3.63, 3.8) is 0 Å². The van der Waals surface area contributed by atoms with Gasteiger partial charge in [-0.1, -0.05) is 0 Å². The van der Waals surface area contributed by atoms with Crippen LogP contribution in [0.2, 0.25) is 0 Å². The third-order valence-electron chi connectivity index (χ3n) is 2.59. The number of halogens is 1. The van der Waals surface area contributed by atoms with Gasteiger partial charge in [0.25, 0.3) is 0 Å². The average molecular weight is 276 g/mol. The van der Waals surface area contributed by atoms with Crippen LogP contribution in [0, 0.1) is 12.7 Å². The molecule has 1 aromatic heterocycles. The maximum atomic E-state index is 12.9. The number of aromatic nitrogens is 2. The van der Waals surface area contributed by atoms with E-state index >= 15 is 0 Å². The molecule has 2 rings (SSSR count). The highest BCUT2D eigenvalue weighted by Crippen LogP contribution is 2.18. The molecule has 0 atom stereocenters. The van der Waals surface area contributed by atoms with E-state index in [1.807, 2.05) is 0 Å². The van der Waals surface area contributed by atoms with Crippen molar-refractivity contribution in [2.24, 2.45) is 0 Å². The molecule has 1 heterocycles. The Labute approximate surface area is 114 Å². The summed E-state index contributed by atoms with van der Waals surface area (Å²) in [6, 6.07) is 3.65. The Morgan fingerprint density at radius 3 is 2.95 bits per heavy atom. The van der Waals surface area contributed by atoms with Gasteiger partial charge in [-0.2, -0.15) is 0 Å². The van der Waals surface area contributed by atoms with Crippen molar-refractivity contribution in [2.45, 2.75) is 13.5 Å². The van der Waals surface area contributed by atoms with Crippen molar-refractivity contribution in [3.05, 3.63) is 52.5 Å². The van der Waals surface area contributed by atoms with Gasteiger partial charge in [-0.3, -0.25) is 9.36 Å². The number of amides is 1. The zero-order valence-electron chi connectivity index (χ0n) is 10.8. The van der Waals surface area contributed by atoms with Crippen LogP contribution in [0.3, 0.4) is 0 Å². The van der Waals surface area contributed by atoms with E-state index in [0.29, 0.717) is 5.69 Å². The SMILES string of the molecule is Cc1cnc(=O)n(CC(=O)Nc2ccc(F)cc2N)c1. The average Bonchev–Trinajstić information content (AvgIpc) is 2.37. The van der Waals surface area contributed by atoms with Crippen molar-refractivity contribution < 1.29 is 9.18 Å². The summed E-state index contributed by atoms with van der Waals surface area (Å²) in [6.45, 7) is 1.57. The second-order valence-electron chi connectivity index (χ2n) is 4.32. The van der Waals surface area contributed by atoms with Crippen LogP contribution in [-0.4, -0.2) is 15.5 Å². The second kappa shape index (κ2) is 5.52. The molecule has 0 aliphatic rings. The number of hydrogen-bond donors (Lipinski definition) is 2. The van der Waals surface area contributed by atoms with Crippen LogP contribution in [-0.2, 0) is 11.3 Å². The Morgan fingerprint density at radius 2 is 2.25 bits per heavy atom. The molecule has 0 spiro atoms. The van der Waals surface area contributed by atoms with Crippen LogP contribution in [0.4, 0.5) is 15.8 Å². The van der Waals surface area contributed by atoms with Crippen molar-refractivity contribution >= 4 is 17.3 Å². The zero-order valence-corrected chi connectivity index (χ0v) is 10.8. The van der Waals surface area contributed by atoms with E-state index in [4.69, 9.17) is 5.73 Å². The predicted octanol–water partition coefficient (Wildman–Crippen LogP) is 0.912. The van der Waals surface area contributed by atoms with Crippen molar-refractivity contribution in [2.75, 3.05) is 11.1 Å². The number of benzene rings is 1. The Morgan fingerprint density at radius 1 is 1.50 bits per heavy atom. The summed E-state index contributed by atoms with van der Waals surface area (Å²) >= 11 is 0. The summed E-state index contributed by atoms with van der Waals surface area (Å²) < 4.78 is 14.1. The van der Waals surface area contributed by atoms with Gasteiger partial charge in [-0.15, -0.1) is 0 Å². The van der Waals surface area contributed by atoms with Crippen LogP contribution in [0.15, 0.2) is 35.4 Å². The third-order valence-corrected chi connectivity index (χ3v) is 2.59. The zero-order chi connectivity index (χ0) is 14.7. The lowest BCUT2D eigenvalue weighted by molar-refractivity contribution is -0.116. The normalized spacial score (nSPS) is 10.3. The van der Waals surface area contributed by atoms with Crippen molar-refractivity contribution in [1.29, 1.82) is 0 Å². The Kier molecular flexibility index (Phi) is 3.79. The van der Waals surface area contributed by atoms with Gasteiger partial charge < -0.3 is 11.1 Å². The van der Waals surface area contributed by atoms with E-state index in [-0.39, 0.29) is 12.2 Å². The minimum Gasteiger partial charge on any atom is -0.397 e. The fraction of sp³-hybridized carbons (Fsp3) is 0.154. The molecule has 0 unspecified atom stereocenters. The van der Waals surface area contributed by atoms with E-state index in [1.54, 1.807) is 6.92 Å². The molecular weight excluding hydrogens is 263 g/mol. The van der Waals surface area contributed by atoms with Crippen LogP contribution in [0.5, 0.6) is 0 Å². The fourth-order valence-electron chi connectivity index (χ4n) is 1.67. The van der Waals surface area contributed by atoms with Gasteiger partial charge in [-0.05, 0) is 30.7 Å². The molecule has 20 heavy (non-hydrogen) atoms. The molecule has 2 aromatic rings. The quantitative estimate of drug-likeness (QED) is 0.815. The molecule has 104 valence electrons. The molecule has 6 nitrogen and oxygen atoms in total. The van der Waals surface area contributed by atoms with Gasteiger partial charge in [0.2, 0.25) is 5.91 Å². The Hall–Kier alpha value is -2.70. The topological polar surface area (TPSA) is 90.0 Å². The van der Waals surface area contributed by atoms with E-state index in [9.17, 15) is 14.0 Å². The highest BCUT2D eigenvalue weighted by atomic mass is 19.1. The first-order chi connectivity index (χ1) is 9.45. The van der Waals surface area contributed by atoms with Crippen molar-refractivity contribution in [1.82, 2.24) is 9.55 Å². The first-order valence-electron chi connectivity index (χ1n) is 5.83. The number of nitrogens with zero attached hydrogens (tertiary/aromatic N) is 2. The number of aryl methyl sites for hydroxylation is 1. The van der Waals surface area contributed by atoms with Gasteiger partial charge in [0, 0.05) is 12.4 Å². The summed E-state index contributed by atoms with van der Waals surface area (Å²) in [4.78, 5) is 26.9. The Bertz CT molecular complexity index is 712. The fourth-order valence-corrected chi connectivity index (χ4v) is 1.67. The first-order valence-corrected chi connectivity index (χ1v) is 5.83. The number of carbonyl (C=O) groups excluding carboxylic acids is 1. The summed E-state index contributed by atoms with van der Waals surface area (Å²) in [5.74, 6) is -0.933. The highest BCUT2D eigenvalue weighted by molar-refractivity contribution is 5.93. The predicted molar refractivity (Wildman–Crippen MR) is 72.7 cm³/mol. The van der Waals surface area contributed by atoms with Crippen LogP contribution < -0.4 is 16.7 Å². The molecule has 0 fully saturated rings.